The molecule has 0 bridgehead atoms. The van der Waals surface area contributed by atoms with Gasteiger partial charge in [-0.1, -0.05) is 25.7 Å². The third kappa shape index (κ3) is 1.62. The number of aryl methyl sites for hydroxylation is 1. The summed E-state index contributed by atoms with van der Waals surface area (Å²) in [7, 11) is 0. The van der Waals surface area contributed by atoms with Crippen LogP contribution in [0.3, 0.4) is 0 Å². The van der Waals surface area contributed by atoms with E-state index in [1.165, 1.54) is 25.7 Å². The smallest absolute Gasteiger partial charge is 0.221 e. The molecule has 4 nitrogen and oxygen atoms in total. The first-order chi connectivity index (χ1) is 7.33. The molecule has 1 saturated carbocycles. The van der Waals surface area contributed by atoms with Crippen molar-refractivity contribution in [2.75, 3.05) is 11.9 Å². The maximum absolute atomic E-state index is 4.42. The molecule has 1 fully saturated rings. The molecular weight excluding hydrogens is 188 g/mol. The third-order valence-corrected chi connectivity index (χ3v) is 3.77. The van der Waals surface area contributed by atoms with Crippen LogP contribution in [0.2, 0.25) is 0 Å². The summed E-state index contributed by atoms with van der Waals surface area (Å²) in [5.41, 5.74) is 0. The highest BCUT2D eigenvalue weighted by molar-refractivity contribution is 5.27. The Balaban J connectivity index is 1.76. The van der Waals surface area contributed by atoms with Crippen molar-refractivity contribution in [1.29, 1.82) is 0 Å². The molecular formula is C11H18N4. The van der Waals surface area contributed by atoms with Crippen LogP contribution in [-0.2, 0) is 6.54 Å². The number of anilines is 1. The average molecular weight is 206 g/mol. The molecule has 1 aliphatic heterocycles. The summed E-state index contributed by atoms with van der Waals surface area (Å²) in [6.45, 7) is 4.11. The molecule has 1 aromatic heterocycles. The molecule has 2 aliphatic rings. The Morgan fingerprint density at radius 3 is 2.87 bits per heavy atom. The molecule has 1 aromatic rings. The Kier molecular flexibility index (Phi) is 2.15. The predicted octanol–water partition coefficient (Wildman–Crippen LogP) is 1.82. The summed E-state index contributed by atoms with van der Waals surface area (Å²) in [6, 6.07) is 0. The minimum absolute atomic E-state index is 0.765. The van der Waals surface area contributed by atoms with Crippen LogP contribution in [0.5, 0.6) is 0 Å². The first-order valence-corrected chi connectivity index (χ1v) is 5.98. The fraction of sp³-hybridized carbons (Fsp3) is 0.818. The molecule has 4 heteroatoms. The maximum atomic E-state index is 4.42. The topological polar surface area (TPSA) is 42.7 Å². The Labute approximate surface area is 90.1 Å². The molecule has 0 aromatic carbocycles. The van der Waals surface area contributed by atoms with E-state index >= 15 is 0 Å². The molecule has 0 saturated heterocycles. The van der Waals surface area contributed by atoms with Gasteiger partial charge in [-0.2, -0.15) is 10.1 Å². The van der Waals surface area contributed by atoms with Crippen molar-refractivity contribution < 1.29 is 0 Å². The fourth-order valence-corrected chi connectivity index (χ4v) is 2.97. The normalized spacial score (nSPS) is 26.3. The Morgan fingerprint density at radius 2 is 2.07 bits per heavy atom. The molecule has 2 heterocycles. The zero-order valence-electron chi connectivity index (χ0n) is 9.24. The van der Waals surface area contributed by atoms with Crippen LogP contribution in [0, 0.1) is 18.8 Å². The van der Waals surface area contributed by atoms with Gasteiger partial charge >= 0.3 is 0 Å². The minimum Gasteiger partial charge on any atom is -0.354 e. The van der Waals surface area contributed by atoms with Crippen molar-refractivity contribution in [1.82, 2.24) is 14.8 Å². The predicted molar refractivity (Wildman–Crippen MR) is 58.7 cm³/mol. The summed E-state index contributed by atoms with van der Waals surface area (Å²) >= 11 is 0. The molecule has 0 radical (unpaired) electrons. The first-order valence-electron chi connectivity index (χ1n) is 5.98. The van der Waals surface area contributed by atoms with Crippen LogP contribution in [0.25, 0.3) is 0 Å². The zero-order valence-corrected chi connectivity index (χ0v) is 9.24. The summed E-state index contributed by atoms with van der Waals surface area (Å²) in [5, 5.41) is 7.82. The second kappa shape index (κ2) is 3.51. The standard InChI is InChI=1S/C11H18N4/c1-8-13-11-12-6-10(7-15(11)14-8)9-4-2-3-5-9/h9-10H,2-7H2,1H3,(H,12,13,14). The number of nitrogens with one attached hydrogen (secondary N) is 1. The van der Waals surface area contributed by atoms with Crippen LogP contribution in [0.4, 0.5) is 5.95 Å². The van der Waals surface area contributed by atoms with Crippen LogP contribution in [0.1, 0.15) is 31.5 Å². The van der Waals surface area contributed by atoms with Gasteiger partial charge in [0.05, 0.1) is 0 Å². The highest BCUT2D eigenvalue weighted by Gasteiger charge is 2.29. The van der Waals surface area contributed by atoms with E-state index < -0.39 is 0 Å². The monoisotopic (exact) mass is 206 g/mol. The van der Waals surface area contributed by atoms with E-state index in [2.05, 4.69) is 15.4 Å². The SMILES string of the molecule is Cc1nc2n(n1)CC(C1CCCC1)CN2. The number of hydrogen-bond donors (Lipinski definition) is 1. The second-order valence-electron chi connectivity index (χ2n) is 4.85. The van der Waals surface area contributed by atoms with Crippen LogP contribution in [0.15, 0.2) is 0 Å². The van der Waals surface area contributed by atoms with E-state index in [0.717, 1.165) is 36.7 Å². The van der Waals surface area contributed by atoms with E-state index in [1.807, 2.05) is 11.6 Å². The molecule has 1 atom stereocenters. The minimum atomic E-state index is 0.765. The third-order valence-electron chi connectivity index (χ3n) is 3.77. The lowest BCUT2D eigenvalue weighted by molar-refractivity contribution is 0.289. The van der Waals surface area contributed by atoms with Gasteiger partial charge in [0.15, 0.2) is 0 Å². The number of nitrogens with zero attached hydrogens (tertiary/aromatic N) is 3. The Morgan fingerprint density at radius 1 is 1.27 bits per heavy atom. The van der Waals surface area contributed by atoms with E-state index in [4.69, 9.17) is 0 Å². The van der Waals surface area contributed by atoms with Gasteiger partial charge in [-0.05, 0) is 18.8 Å². The Bertz CT molecular complexity index is 351. The van der Waals surface area contributed by atoms with Gasteiger partial charge in [-0.25, -0.2) is 4.68 Å². The van der Waals surface area contributed by atoms with E-state index in [-0.39, 0.29) is 0 Å². The molecule has 1 N–H and O–H groups in total. The van der Waals surface area contributed by atoms with Gasteiger partial charge in [0.1, 0.15) is 5.82 Å². The van der Waals surface area contributed by atoms with Gasteiger partial charge in [0.25, 0.3) is 0 Å². The van der Waals surface area contributed by atoms with E-state index in [1.54, 1.807) is 0 Å². The number of fused-ring (bicyclic) bond motifs is 1. The fourth-order valence-electron chi connectivity index (χ4n) is 2.97. The summed E-state index contributed by atoms with van der Waals surface area (Å²) in [6.07, 6.45) is 5.67. The molecule has 1 unspecified atom stereocenters. The van der Waals surface area contributed by atoms with Crippen molar-refractivity contribution >= 4 is 5.95 Å². The zero-order chi connectivity index (χ0) is 10.3. The Hall–Kier alpha value is -1.06. The summed E-state index contributed by atoms with van der Waals surface area (Å²) in [5.74, 6) is 3.52. The van der Waals surface area contributed by atoms with Gasteiger partial charge in [0, 0.05) is 13.1 Å². The van der Waals surface area contributed by atoms with Crippen LogP contribution in [-0.4, -0.2) is 21.3 Å². The van der Waals surface area contributed by atoms with Gasteiger partial charge < -0.3 is 5.32 Å². The number of rotatable bonds is 1. The maximum Gasteiger partial charge on any atom is 0.221 e. The van der Waals surface area contributed by atoms with E-state index in [0.29, 0.717) is 0 Å². The molecule has 1 aliphatic carbocycles. The highest BCUT2D eigenvalue weighted by atomic mass is 15.4. The molecule has 0 spiro atoms. The van der Waals surface area contributed by atoms with Gasteiger partial charge in [-0.3, -0.25) is 0 Å². The van der Waals surface area contributed by atoms with Crippen molar-refractivity contribution in [3.63, 3.8) is 0 Å². The van der Waals surface area contributed by atoms with Crippen molar-refractivity contribution in [2.45, 2.75) is 39.2 Å². The van der Waals surface area contributed by atoms with Gasteiger partial charge in [-0.15, -0.1) is 0 Å². The largest absolute Gasteiger partial charge is 0.354 e. The molecule has 15 heavy (non-hydrogen) atoms. The van der Waals surface area contributed by atoms with E-state index in [9.17, 15) is 0 Å². The highest BCUT2D eigenvalue weighted by Crippen LogP contribution is 2.34. The molecule has 3 rings (SSSR count). The van der Waals surface area contributed by atoms with Crippen molar-refractivity contribution in [3.8, 4) is 0 Å². The average Bonchev–Trinajstić information content (AvgIpc) is 2.82. The number of hydrogen-bond acceptors (Lipinski definition) is 3. The number of aromatic nitrogens is 3. The molecule has 82 valence electrons. The summed E-state index contributed by atoms with van der Waals surface area (Å²) < 4.78 is 2.04. The first kappa shape index (κ1) is 9.19. The quantitative estimate of drug-likeness (QED) is 0.762. The van der Waals surface area contributed by atoms with Crippen LogP contribution >= 0.6 is 0 Å². The summed E-state index contributed by atoms with van der Waals surface area (Å²) in [4.78, 5) is 4.35. The molecule has 0 amide bonds. The lowest BCUT2D eigenvalue weighted by Gasteiger charge is -2.28. The lowest BCUT2D eigenvalue weighted by Crippen LogP contribution is -2.32. The van der Waals surface area contributed by atoms with Crippen molar-refractivity contribution in [2.24, 2.45) is 11.8 Å². The van der Waals surface area contributed by atoms with Crippen molar-refractivity contribution in [3.05, 3.63) is 5.82 Å². The second-order valence-corrected chi connectivity index (χ2v) is 4.85. The van der Waals surface area contributed by atoms with Gasteiger partial charge in [0.2, 0.25) is 5.95 Å². The lowest BCUT2D eigenvalue weighted by atomic mass is 9.90. The van der Waals surface area contributed by atoms with Crippen LogP contribution < -0.4 is 5.32 Å².